The van der Waals surface area contributed by atoms with Crippen LogP contribution in [0.4, 0.5) is 0 Å². The minimum absolute atomic E-state index is 0.501. The number of hydrazone groups is 1. The summed E-state index contributed by atoms with van der Waals surface area (Å²) < 4.78 is 1.95. The number of aryl methyl sites for hydroxylation is 1. The molecule has 2 rings (SSSR count). The van der Waals surface area contributed by atoms with Crippen molar-refractivity contribution >= 4 is 41.2 Å². The van der Waals surface area contributed by atoms with Gasteiger partial charge in [-0.15, -0.1) is 0 Å². The van der Waals surface area contributed by atoms with Gasteiger partial charge >= 0.3 is 11.8 Å². The largest absolute Gasteiger partial charge is 0.343 e. The summed E-state index contributed by atoms with van der Waals surface area (Å²) in [6.45, 7) is 9.20. The fourth-order valence-corrected chi connectivity index (χ4v) is 2.92. The minimum Gasteiger partial charge on any atom is -0.343 e. The standard InChI is InChI=1S/C19H22Cl2N4O2/c1-11-8-13(10-22-24-18(27)17(26)23-19(3,4)5)12(2)25(11)16-9-14(20)6-7-15(16)21/h6-10H,1-5H3,(H,23,26)(H,24,27)/b22-10-. The summed E-state index contributed by atoms with van der Waals surface area (Å²) in [5, 5.41) is 7.60. The predicted octanol–water partition coefficient (Wildman–Crippen LogP) is 3.77. The molecule has 0 bridgehead atoms. The molecule has 27 heavy (non-hydrogen) atoms. The minimum atomic E-state index is -0.826. The third-order valence-electron chi connectivity index (χ3n) is 3.68. The van der Waals surface area contributed by atoms with Gasteiger partial charge in [-0.1, -0.05) is 23.2 Å². The highest BCUT2D eigenvalue weighted by Gasteiger charge is 2.19. The Hall–Kier alpha value is -2.31. The van der Waals surface area contributed by atoms with Crippen LogP contribution in [0.5, 0.6) is 0 Å². The maximum Gasteiger partial charge on any atom is 0.329 e. The quantitative estimate of drug-likeness (QED) is 0.460. The van der Waals surface area contributed by atoms with Gasteiger partial charge in [0.05, 0.1) is 16.9 Å². The molecule has 144 valence electrons. The SMILES string of the molecule is Cc1cc(/C=N\NC(=O)C(=O)NC(C)(C)C)c(C)n1-c1cc(Cl)ccc1Cl. The maximum absolute atomic E-state index is 11.8. The summed E-state index contributed by atoms with van der Waals surface area (Å²) in [6, 6.07) is 7.14. The number of amides is 2. The Morgan fingerprint density at radius 1 is 1.11 bits per heavy atom. The number of nitrogens with one attached hydrogen (secondary N) is 2. The highest BCUT2D eigenvalue weighted by Crippen LogP contribution is 2.28. The van der Waals surface area contributed by atoms with Crippen molar-refractivity contribution in [2.24, 2.45) is 5.10 Å². The first kappa shape index (κ1) is 21.0. The molecule has 1 aromatic heterocycles. The van der Waals surface area contributed by atoms with Crippen LogP contribution in [0.15, 0.2) is 29.4 Å². The average Bonchev–Trinajstić information content (AvgIpc) is 2.82. The third kappa shape index (κ3) is 5.34. The lowest BCUT2D eigenvalue weighted by atomic mass is 10.1. The molecule has 2 aromatic rings. The van der Waals surface area contributed by atoms with Crippen molar-refractivity contribution in [3.8, 4) is 5.69 Å². The first-order valence-electron chi connectivity index (χ1n) is 8.29. The molecule has 0 saturated heterocycles. The molecule has 2 N–H and O–H groups in total. The van der Waals surface area contributed by atoms with Gasteiger partial charge in [-0.2, -0.15) is 5.10 Å². The summed E-state index contributed by atoms with van der Waals surface area (Å²) >= 11 is 12.4. The molecule has 0 radical (unpaired) electrons. The summed E-state index contributed by atoms with van der Waals surface area (Å²) in [7, 11) is 0. The molecule has 6 nitrogen and oxygen atoms in total. The Balaban J connectivity index is 2.19. The van der Waals surface area contributed by atoms with E-state index in [2.05, 4.69) is 15.8 Å². The van der Waals surface area contributed by atoms with Crippen LogP contribution in [0.1, 0.15) is 37.7 Å². The smallest absolute Gasteiger partial charge is 0.329 e. The molecule has 0 unspecified atom stereocenters. The van der Waals surface area contributed by atoms with Crippen LogP contribution in [0, 0.1) is 13.8 Å². The van der Waals surface area contributed by atoms with Crippen molar-refractivity contribution in [1.82, 2.24) is 15.3 Å². The van der Waals surface area contributed by atoms with Crippen LogP contribution in [-0.4, -0.2) is 28.1 Å². The van der Waals surface area contributed by atoms with Gasteiger partial charge in [-0.25, -0.2) is 5.43 Å². The molecule has 0 atom stereocenters. The van der Waals surface area contributed by atoms with E-state index in [1.54, 1.807) is 39.0 Å². The highest BCUT2D eigenvalue weighted by molar-refractivity contribution is 6.35. The number of carbonyl (C=O) groups is 2. The van der Waals surface area contributed by atoms with E-state index in [0.29, 0.717) is 10.0 Å². The van der Waals surface area contributed by atoms with Crippen molar-refractivity contribution < 1.29 is 9.59 Å². The summed E-state index contributed by atoms with van der Waals surface area (Å²) in [5.41, 5.74) is 5.06. The molecule has 0 aliphatic rings. The first-order chi connectivity index (χ1) is 12.5. The lowest BCUT2D eigenvalue weighted by Gasteiger charge is -2.19. The Bertz CT molecular complexity index is 911. The Morgan fingerprint density at radius 2 is 1.78 bits per heavy atom. The van der Waals surface area contributed by atoms with Crippen LogP contribution in [-0.2, 0) is 9.59 Å². The van der Waals surface area contributed by atoms with Crippen molar-refractivity contribution in [3.05, 3.63) is 51.3 Å². The predicted molar refractivity (Wildman–Crippen MR) is 109 cm³/mol. The molecule has 1 aromatic carbocycles. The number of carbonyl (C=O) groups excluding carboxylic acids is 2. The van der Waals surface area contributed by atoms with E-state index < -0.39 is 17.4 Å². The van der Waals surface area contributed by atoms with E-state index in [1.807, 2.05) is 24.5 Å². The van der Waals surface area contributed by atoms with Crippen LogP contribution >= 0.6 is 23.2 Å². The van der Waals surface area contributed by atoms with Gasteiger partial charge in [0.25, 0.3) is 0 Å². The van der Waals surface area contributed by atoms with Crippen molar-refractivity contribution in [2.45, 2.75) is 40.2 Å². The molecule has 2 amide bonds. The molecule has 0 aliphatic carbocycles. The van der Waals surface area contributed by atoms with E-state index in [-0.39, 0.29) is 0 Å². The van der Waals surface area contributed by atoms with Gasteiger partial charge in [0.2, 0.25) is 0 Å². The van der Waals surface area contributed by atoms with Crippen molar-refractivity contribution in [1.29, 1.82) is 0 Å². The van der Waals surface area contributed by atoms with Gasteiger partial charge in [0.1, 0.15) is 0 Å². The van der Waals surface area contributed by atoms with Crippen molar-refractivity contribution in [2.75, 3.05) is 0 Å². The van der Waals surface area contributed by atoms with Gasteiger partial charge < -0.3 is 9.88 Å². The fraction of sp³-hybridized carbons (Fsp3) is 0.316. The van der Waals surface area contributed by atoms with E-state index in [9.17, 15) is 9.59 Å². The Labute approximate surface area is 168 Å². The van der Waals surface area contributed by atoms with Gasteiger partial charge in [0, 0.05) is 27.5 Å². The number of hydrogen-bond donors (Lipinski definition) is 2. The van der Waals surface area contributed by atoms with E-state index in [0.717, 1.165) is 22.6 Å². The molecule has 0 fully saturated rings. The zero-order valence-electron chi connectivity index (χ0n) is 15.9. The van der Waals surface area contributed by atoms with Gasteiger partial charge in [-0.3, -0.25) is 9.59 Å². The van der Waals surface area contributed by atoms with E-state index in [1.165, 1.54) is 6.21 Å². The summed E-state index contributed by atoms with van der Waals surface area (Å²) in [6.07, 6.45) is 1.49. The van der Waals surface area contributed by atoms with Crippen LogP contribution in [0.3, 0.4) is 0 Å². The second-order valence-electron chi connectivity index (χ2n) is 7.16. The summed E-state index contributed by atoms with van der Waals surface area (Å²) in [4.78, 5) is 23.5. The van der Waals surface area contributed by atoms with E-state index >= 15 is 0 Å². The number of rotatable bonds is 3. The van der Waals surface area contributed by atoms with Gasteiger partial charge in [-0.05, 0) is 58.9 Å². The second-order valence-corrected chi connectivity index (χ2v) is 8.00. The lowest BCUT2D eigenvalue weighted by Crippen LogP contribution is -2.47. The second kappa shape index (κ2) is 8.15. The summed E-state index contributed by atoms with van der Waals surface area (Å²) in [5.74, 6) is -1.57. The molecular formula is C19H22Cl2N4O2. The Morgan fingerprint density at radius 3 is 2.41 bits per heavy atom. The molecular weight excluding hydrogens is 387 g/mol. The monoisotopic (exact) mass is 408 g/mol. The molecule has 0 aliphatic heterocycles. The number of hydrogen-bond acceptors (Lipinski definition) is 3. The number of aromatic nitrogens is 1. The number of halogens is 2. The molecule has 0 spiro atoms. The Kier molecular flexibility index (Phi) is 6.34. The lowest BCUT2D eigenvalue weighted by molar-refractivity contribution is -0.140. The molecule has 1 heterocycles. The fourth-order valence-electron chi connectivity index (χ4n) is 2.55. The van der Waals surface area contributed by atoms with E-state index in [4.69, 9.17) is 23.2 Å². The number of nitrogens with zero attached hydrogens (tertiary/aromatic N) is 2. The van der Waals surface area contributed by atoms with Crippen LogP contribution in [0.2, 0.25) is 10.0 Å². The van der Waals surface area contributed by atoms with Crippen LogP contribution in [0.25, 0.3) is 5.69 Å². The maximum atomic E-state index is 11.8. The molecule has 0 saturated carbocycles. The number of benzene rings is 1. The van der Waals surface area contributed by atoms with Gasteiger partial charge in [0.15, 0.2) is 0 Å². The third-order valence-corrected chi connectivity index (χ3v) is 4.24. The normalized spacial score (nSPS) is 11.7. The van der Waals surface area contributed by atoms with Crippen molar-refractivity contribution in [3.63, 3.8) is 0 Å². The topological polar surface area (TPSA) is 75.5 Å². The first-order valence-corrected chi connectivity index (χ1v) is 9.05. The average molecular weight is 409 g/mol. The zero-order chi connectivity index (χ0) is 20.4. The highest BCUT2D eigenvalue weighted by atomic mass is 35.5. The molecule has 8 heteroatoms. The van der Waals surface area contributed by atoms with Crippen LogP contribution < -0.4 is 10.7 Å². The zero-order valence-corrected chi connectivity index (χ0v) is 17.4.